The van der Waals surface area contributed by atoms with Crippen LogP contribution in [0.25, 0.3) is 0 Å². The van der Waals surface area contributed by atoms with Gasteiger partial charge in [-0.25, -0.2) is 0 Å². The molecule has 0 fully saturated rings. The largest absolute Gasteiger partial charge is 0.395 e. The number of likely N-dealkylation sites (N-methyl/N-ethyl adjacent to an activating group) is 1. The maximum absolute atomic E-state index is 10.6. The number of benzene rings is 1. The third kappa shape index (κ3) is 3.29. The molecule has 0 saturated carbocycles. The molecule has 1 N–H and O–H groups in total. The van der Waals surface area contributed by atoms with E-state index in [2.05, 4.69) is 0 Å². The van der Waals surface area contributed by atoms with Crippen molar-refractivity contribution in [2.45, 2.75) is 19.5 Å². The molecule has 88 valence electrons. The molecular weight excluding hydrogens is 208 g/mol. The average molecular weight is 224 g/mol. The first kappa shape index (κ1) is 12.6. The standard InChI is InChI=1S/C11H16N2O3/c1-9(8-14)12(2)7-10-4-3-5-11(6-10)13(15)16/h3-6,9,14H,7-8H2,1-2H3. The van der Waals surface area contributed by atoms with Crippen molar-refractivity contribution >= 4 is 5.69 Å². The molecule has 0 saturated heterocycles. The van der Waals surface area contributed by atoms with E-state index in [1.165, 1.54) is 6.07 Å². The Balaban J connectivity index is 2.74. The van der Waals surface area contributed by atoms with Crippen molar-refractivity contribution in [3.63, 3.8) is 0 Å². The summed E-state index contributed by atoms with van der Waals surface area (Å²) in [6.45, 7) is 2.56. The quantitative estimate of drug-likeness (QED) is 0.606. The Morgan fingerprint density at radius 3 is 2.81 bits per heavy atom. The summed E-state index contributed by atoms with van der Waals surface area (Å²) in [6, 6.07) is 6.58. The van der Waals surface area contributed by atoms with Gasteiger partial charge < -0.3 is 5.11 Å². The van der Waals surface area contributed by atoms with Crippen LogP contribution in [-0.4, -0.2) is 34.6 Å². The fourth-order valence-electron chi connectivity index (χ4n) is 1.35. The molecule has 1 atom stereocenters. The van der Waals surface area contributed by atoms with Crippen molar-refractivity contribution in [1.29, 1.82) is 0 Å². The van der Waals surface area contributed by atoms with Gasteiger partial charge >= 0.3 is 0 Å². The van der Waals surface area contributed by atoms with E-state index in [1.807, 2.05) is 24.9 Å². The Morgan fingerprint density at radius 2 is 2.25 bits per heavy atom. The molecule has 5 heteroatoms. The molecule has 0 aliphatic heterocycles. The molecule has 16 heavy (non-hydrogen) atoms. The number of nitro groups is 1. The molecule has 0 heterocycles. The first-order chi connectivity index (χ1) is 7.54. The lowest BCUT2D eigenvalue weighted by Crippen LogP contribution is -2.31. The minimum Gasteiger partial charge on any atom is -0.395 e. The molecule has 0 spiro atoms. The van der Waals surface area contributed by atoms with Gasteiger partial charge in [-0.15, -0.1) is 0 Å². The Hall–Kier alpha value is -1.46. The van der Waals surface area contributed by atoms with Crippen LogP contribution in [0.4, 0.5) is 5.69 Å². The number of rotatable bonds is 5. The van der Waals surface area contributed by atoms with Crippen LogP contribution in [0.5, 0.6) is 0 Å². The van der Waals surface area contributed by atoms with Gasteiger partial charge in [-0.1, -0.05) is 12.1 Å². The van der Waals surface area contributed by atoms with Crippen LogP contribution in [0.2, 0.25) is 0 Å². The van der Waals surface area contributed by atoms with Crippen LogP contribution in [0, 0.1) is 10.1 Å². The lowest BCUT2D eigenvalue weighted by molar-refractivity contribution is -0.384. The molecule has 0 aromatic heterocycles. The van der Waals surface area contributed by atoms with E-state index in [-0.39, 0.29) is 18.3 Å². The molecular formula is C11H16N2O3. The molecule has 0 amide bonds. The Kier molecular flexibility index (Phi) is 4.39. The lowest BCUT2D eigenvalue weighted by atomic mass is 10.2. The second-order valence-electron chi connectivity index (χ2n) is 3.87. The maximum Gasteiger partial charge on any atom is 0.269 e. The molecule has 0 radical (unpaired) electrons. The smallest absolute Gasteiger partial charge is 0.269 e. The van der Waals surface area contributed by atoms with Gasteiger partial charge in [0, 0.05) is 24.7 Å². The van der Waals surface area contributed by atoms with Crippen LogP contribution < -0.4 is 0 Å². The average Bonchev–Trinajstić information content (AvgIpc) is 2.28. The van der Waals surface area contributed by atoms with Crippen LogP contribution in [0.1, 0.15) is 12.5 Å². The summed E-state index contributed by atoms with van der Waals surface area (Å²) in [4.78, 5) is 12.1. The number of non-ortho nitro benzene ring substituents is 1. The highest BCUT2D eigenvalue weighted by Crippen LogP contribution is 2.14. The van der Waals surface area contributed by atoms with E-state index in [9.17, 15) is 10.1 Å². The molecule has 1 unspecified atom stereocenters. The van der Waals surface area contributed by atoms with Crippen molar-refractivity contribution in [3.8, 4) is 0 Å². The number of hydrogen-bond acceptors (Lipinski definition) is 4. The molecule has 1 rings (SSSR count). The summed E-state index contributed by atoms with van der Waals surface area (Å²) in [5.41, 5.74) is 0.972. The molecule has 1 aromatic carbocycles. The second-order valence-corrected chi connectivity index (χ2v) is 3.87. The summed E-state index contributed by atoms with van der Waals surface area (Å²) in [5, 5.41) is 19.6. The molecule has 1 aromatic rings. The fourth-order valence-corrected chi connectivity index (χ4v) is 1.35. The summed E-state index contributed by atoms with van der Waals surface area (Å²) in [6.07, 6.45) is 0. The number of nitrogens with zero attached hydrogens (tertiary/aromatic N) is 2. The van der Waals surface area contributed by atoms with Crippen LogP contribution in [0.15, 0.2) is 24.3 Å². The molecule has 0 aliphatic rings. The third-order valence-electron chi connectivity index (χ3n) is 2.57. The van der Waals surface area contributed by atoms with Crippen molar-refractivity contribution < 1.29 is 10.0 Å². The van der Waals surface area contributed by atoms with E-state index in [0.717, 1.165) is 5.56 Å². The van der Waals surface area contributed by atoms with Crippen molar-refractivity contribution in [2.24, 2.45) is 0 Å². The molecule has 5 nitrogen and oxygen atoms in total. The van der Waals surface area contributed by atoms with Gasteiger partial charge in [-0.2, -0.15) is 0 Å². The van der Waals surface area contributed by atoms with Gasteiger partial charge in [0.25, 0.3) is 5.69 Å². The van der Waals surface area contributed by atoms with Crippen LogP contribution >= 0.6 is 0 Å². The first-order valence-corrected chi connectivity index (χ1v) is 5.09. The zero-order chi connectivity index (χ0) is 12.1. The molecule has 0 aliphatic carbocycles. The van der Waals surface area contributed by atoms with E-state index in [0.29, 0.717) is 6.54 Å². The lowest BCUT2D eigenvalue weighted by Gasteiger charge is -2.22. The van der Waals surface area contributed by atoms with Crippen molar-refractivity contribution in [2.75, 3.05) is 13.7 Å². The zero-order valence-electron chi connectivity index (χ0n) is 9.46. The SMILES string of the molecule is CC(CO)N(C)Cc1cccc([N+](=O)[O-])c1. The number of hydrogen-bond donors (Lipinski definition) is 1. The van der Waals surface area contributed by atoms with Crippen molar-refractivity contribution in [1.82, 2.24) is 4.90 Å². The maximum atomic E-state index is 10.6. The van der Waals surface area contributed by atoms with Crippen LogP contribution in [-0.2, 0) is 6.54 Å². The monoisotopic (exact) mass is 224 g/mol. The minimum absolute atomic E-state index is 0.0410. The third-order valence-corrected chi connectivity index (χ3v) is 2.57. The topological polar surface area (TPSA) is 66.6 Å². The number of aliphatic hydroxyl groups is 1. The fraction of sp³-hybridized carbons (Fsp3) is 0.455. The Bertz CT molecular complexity index is 368. The van der Waals surface area contributed by atoms with Crippen LogP contribution in [0.3, 0.4) is 0 Å². The van der Waals surface area contributed by atoms with Gasteiger partial charge in [-0.3, -0.25) is 15.0 Å². The highest BCUT2D eigenvalue weighted by Gasteiger charge is 2.10. The Labute approximate surface area is 94.5 Å². The predicted octanol–water partition coefficient (Wildman–Crippen LogP) is 1.41. The van der Waals surface area contributed by atoms with E-state index < -0.39 is 4.92 Å². The highest BCUT2D eigenvalue weighted by atomic mass is 16.6. The van der Waals surface area contributed by atoms with E-state index in [4.69, 9.17) is 5.11 Å². The van der Waals surface area contributed by atoms with E-state index >= 15 is 0 Å². The van der Waals surface area contributed by atoms with Gasteiger partial charge in [0.1, 0.15) is 0 Å². The van der Waals surface area contributed by atoms with E-state index in [1.54, 1.807) is 12.1 Å². The summed E-state index contributed by atoms with van der Waals surface area (Å²) >= 11 is 0. The molecule has 0 bridgehead atoms. The second kappa shape index (κ2) is 5.58. The van der Waals surface area contributed by atoms with Gasteiger partial charge in [0.15, 0.2) is 0 Å². The normalized spacial score (nSPS) is 12.8. The van der Waals surface area contributed by atoms with Gasteiger partial charge in [-0.05, 0) is 19.5 Å². The first-order valence-electron chi connectivity index (χ1n) is 5.09. The summed E-state index contributed by atoms with van der Waals surface area (Å²) < 4.78 is 0. The number of nitro benzene ring substituents is 1. The van der Waals surface area contributed by atoms with Gasteiger partial charge in [0.2, 0.25) is 0 Å². The zero-order valence-corrected chi connectivity index (χ0v) is 9.46. The minimum atomic E-state index is -0.404. The van der Waals surface area contributed by atoms with Crippen molar-refractivity contribution in [3.05, 3.63) is 39.9 Å². The summed E-state index contributed by atoms with van der Waals surface area (Å²) in [7, 11) is 1.87. The predicted molar refractivity (Wildman–Crippen MR) is 61.1 cm³/mol. The van der Waals surface area contributed by atoms with Gasteiger partial charge in [0.05, 0.1) is 11.5 Å². The Morgan fingerprint density at radius 1 is 1.56 bits per heavy atom. The number of aliphatic hydroxyl groups excluding tert-OH is 1. The highest BCUT2D eigenvalue weighted by molar-refractivity contribution is 5.34. The summed E-state index contributed by atoms with van der Waals surface area (Å²) in [5.74, 6) is 0.